The van der Waals surface area contributed by atoms with Gasteiger partial charge in [-0.25, -0.2) is 9.78 Å². The third-order valence-electron chi connectivity index (χ3n) is 7.28. The van der Waals surface area contributed by atoms with E-state index in [0.717, 1.165) is 50.7 Å². The van der Waals surface area contributed by atoms with Crippen molar-refractivity contribution in [2.45, 2.75) is 109 Å². The highest BCUT2D eigenvalue weighted by Gasteiger charge is 2.31. The fourth-order valence-corrected chi connectivity index (χ4v) is 5.27. The molecule has 3 rings (SSSR count). The minimum Gasteiger partial charge on any atom is -0.378 e. The third-order valence-corrected chi connectivity index (χ3v) is 7.28. The van der Waals surface area contributed by atoms with Crippen LogP contribution in [-0.2, 0) is 14.5 Å². The summed E-state index contributed by atoms with van der Waals surface area (Å²) in [5.41, 5.74) is 1.37. The predicted molar refractivity (Wildman–Crippen MR) is 110 cm³/mol. The van der Waals surface area contributed by atoms with Crippen LogP contribution in [0, 0.1) is 17.8 Å². The van der Waals surface area contributed by atoms with Crippen molar-refractivity contribution >= 4 is 0 Å². The van der Waals surface area contributed by atoms with E-state index in [4.69, 9.17) is 14.5 Å². The first-order valence-electron chi connectivity index (χ1n) is 11.8. The molecule has 3 heteroatoms. The van der Waals surface area contributed by atoms with Crippen molar-refractivity contribution in [3.63, 3.8) is 0 Å². The molecule has 0 unspecified atom stereocenters. The predicted octanol–water partition coefficient (Wildman–Crippen LogP) is 6.62. The average molecular weight is 379 g/mol. The van der Waals surface area contributed by atoms with E-state index in [1.54, 1.807) is 0 Å². The first-order valence-corrected chi connectivity index (χ1v) is 11.8. The Hall–Kier alpha value is -0.380. The quantitative estimate of drug-likeness (QED) is 0.195. The van der Waals surface area contributed by atoms with Crippen LogP contribution in [0.1, 0.15) is 96.8 Å². The van der Waals surface area contributed by atoms with Gasteiger partial charge in [-0.15, -0.1) is 0 Å². The Bertz CT molecular complexity index is 409. The van der Waals surface area contributed by atoms with Crippen molar-refractivity contribution < 1.29 is 14.5 Å². The summed E-state index contributed by atoms with van der Waals surface area (Å²) in [7, 11) is 0. The van der Waals surface area contributed by atoms with Crippen LogP contribution in [0.2, 0.25) is 0 Å². The molecule has 0 aromatic carbocycles. The van der Waals surface area contributed by atoms with Crippen molar-refractivity contribution in [2.75, 3.05) is 13.2 Å². The molecule has 0 aliphatic heterocycles. The SMILES string of the molecule is C=C1CCC(OOCC2CCC(C3CCC(OCCCC)CC3)CC2)CC1. The summed E-state index contributed by atoms with van der Waals surface area (Å²) in [5, 5.41) is 0. The maximum absolute atomic E-state index is 6.04. The first-order chi connectivity index (χ1) is 13.2. The number of allylic oxidation sites excluding steroid dienone is 1. The van der Waals surface area contributed by atoms with E-state index in [2.05, 4.69) is 13.5 Å². The van der Waals surface area contributed by atoms with E-state index in [0.29, 0.717) is 18.1 Å². The average Bonchev–Trinajstić information content (AvgIpc) is 2.71. The van der Waals surface area contributed by atoms with Gasteiger partial charge in [-0.1, -0.05) is 25.5 Å². The van der Waals surface area contributed by atoms with Crippen LogP contribution >= 0.6 is 0 Å². The zero-order valence-corrected chi connectivity index (χ0v) is 17.6. The molecule has 27 heavy (non-hydrogen) atoms. The summed E-state index contributed by atoms with van der Waals surface area (Å²) in [5.74, 6) is 2.60. The maximum atomic E-state index is 6.04. The van der Waals surface area contributed by atoms with Gasteiger partial charge < -0.3 is 4.74 Å². The molecule has 3 aliphatic carbocycles. The van der Waals surface area contributed by atoms with E-state index in [1.165, 1.54) is 69.8 Å². The molecule has 3 saturated carbocycles. The Balaban J connectivity index is 1.24. The van der Waals surface area contributed by atoms with Gasteiger partial charge in [-0.2, -0.15) is 0 Å². The summed E-state index contributed by atoms with van der Waals surface area (Å²) in [4.78, 5) is 11.3. The van der Waals surface area contributed by atoms with E-state index in [9.17, 15) is 0 Å². The Morgan fingerprint density at radius 1 is 0.815 bits per heavy atom. The molecule has 0 bridgehead atoms. The summed E-state index contributed by atoms with van der Waals surface area (Å²) < 4.78 is 6.04. The molecule has 0 aromatic rings. The number of hydrogen-bond donors (Lipinski definition) is 0. The highest BCUT2D eigenvalue weighted by atomic mass is 17.2. The molecular formula is C24H42O3. The second kappa shape index (κ2) is 11.6. The Morgan fingerprint density at radius 2 is 1.44 bits per heavy atom. The number of unbranched alkanes of at least 4 members (excludes halogenated alkanes) is 1. The molecule has 0 N–H and O–H groups in total. The van der Waals surface area contributed by atoms with E-state index < -0.39 is 0 Å². The van der Waals surface area contributed by atoms with Gasteiger partial charge in [0.25, 0.3) is 0 Å². The molecule has 0 heterocycles. The molecule has 3 fully saturated rings. The topological polar surface area (TPSA) is 27.7 Å². The van der Waals surface area contributed by atoms with Crippen LogP contribution < -0.4 is 0 Å². The molecule has 3 nitrogen and oxygen atoms in total. The van der Waals surface area contributed by atoms with Crippen molar-refractivity contribution in [1.82, 2.24) is 0 Å². The van der Waals surface area contributed by atoms with Gasteiger partial charge in [0.1, 0.15) is 0 Å². The Kier molecular flexibility index (Phi) is 9.15. The maximum Gasteiger partial charge on any atom is 0.0936 e. The lowest BCUT2D eigenvalue weighted by Gasteiger charge is -2.37. The monoisotopic (exact) mass is 378 g/mol. The Labute approximate surface area is 167 Å². The molecule has 0 amide bonds. The highest BCUT2D eigenvalue weighted by Crippen LogP contribution is 2.40. The lowest BCUT2D eigenvalue weighted by Crippen LogP contribution is -2.29. The zero-order chi connectivity index (χ0) is 18.9. The van der Waals surface area contributed by atoms with Gasteiger partial charge in [0.2, 0.25) is 0 Å². The van der Waals surface area contributed by atoms with Crippen molar-refractivity contribution in [1.29, 1.82) is 0 Å². The van der Waals surface area contributed by atoms with Gasteiger partial charge >= 0.3 is 0 Å². The van der Waals surface area contributed by atoms with Crippen LogP contribution in [0.4, 0.5) is 0 Å². The van der Waals surface area contributed by atoms with Crippen molar-refractivity contribution in [3.05, 3.63) is 12.2 Å². The molecule has 156 valence electrons. The number of rotatable bonds is 9. The van der Waals surface area contributed by atoms with Gasteiger partial charge in [0.05, 0.1) is 18.8 Å². The Morgan fingerprint density at radius 3 is 2.07 bits per heavy atom. The first kappa shape index (κ1) is 21.3. The summed E-state index contributed by atoms with van der Waals surface area (Å²) in [6.07, 6.45) is 18.4. The molecule has 3 aliphatic rings. The molecule has 0 radical (unpaired) electrons. The van der Waals surface area contributed by atoms with Gasteiger partial charge in [0, 0.05) is 6.61 Å². The van der Waals surface area contributed by atoms with Crippen LogP contribution in [0.5, 0.6) is 0 Å². The normalized spacial score (nSPS) is 33.3. The zero-order valence-electron chi connectivity index (χ0n) is 17.6. The summed E-state index contributed by atoms with van der Waals surface area (Å²) >= 11 is 0. The largest absolute Gasteiger partial charge is 0.378 e. The molecule has 0 saturated heterocycles. The number of hydrogen-bond acceptors (Lipinski definition) is 3. The molecule has 0 spiro atoms. The highest BCUT2D eigenvalue weighted by molar-refractivity contribution is 4.98. The van der Waals surface area contributed by atoms with Gasteiger partial charge in [-0.3, -0.25) is 0 Å². The third kappa shape index (κ3) is 7.18. The minimum absolute atomic E-state index is 0.293. The lowest BCUT2D eigenvalue weighted by atomic mass is 9.71. The molecule has 0 atom stereocenters. The van der Waals surface area contributed by atoms with Crippen molar-refractivity contribution in [3.8, 4) is 0 Å². The van der Waals surface area contributed by atoms with Crippen molar-refractivity contribution in [2.24, 2.45) is 17.8 Å². The van der Waals surface area contributed by atoms with E-state index >= 15 is 0 Å². The summed E-state index contributed by atoms with van der Waals surface area (Å²) in [6, 6.07) is 0. The second-order valence-electron chi connectivity index (χ2n) is 9.37. The fraction of sp³-hybridized carbons (Fsp3) is 0.917. The van der Waals surface area contributed by atoms with Crippen LogP contribution in [0.25, 0.3) is 0 Å². The molecule has 0 aromatic heterocycles. The van der Waals surface area contributed by atoms with Gasteiger partial charge in [0.15, 0.2) is 0 Å². The number of ether oxygens (including phenoxy) is 1. The molecular weight excluding hydrogens is 336 g/mol. The van der Waals surface area contributed by atoms with Crippen LogP contribution in [-0.4, -0.2) is 25.4 Å². The smallest absolute Gasteiger partial charge is 0.0936 e. The van der Waals surface area contributed by atoms with Crippen LogP contribution in [0.3, 0.4) is 0 Å². The van der Waals surface area contributed by atoms with E-state index in [1.807, 2.05) is 0 Å². The van der Waals surface area contributed by atoms with Gasteiger partial charge in [-0.05, 0) is 101 Å². The lowest BCUT2D eigenvalue weighted by molar-refractivity contribution is -0.334. The van der Waals surface area contributed by atoms with Crippen LogP contribution in [0.15, 0.2) is 12.2 Å². The standard InChI is InChI=1S/C24H42O3/c1-3-4-17-25-23-15-11-22(12-16-23)21-9-7-20(8-10-21)18-26-27-24-13-5-19(2)6-14-24/h20-24H,2-18H2,1H3. The second-order valence-corrected chi connectivity index (χ2v) is 9.37. The summed E-state index contributed by atoms with van der Waals surface area (Å²) in [6.45, 7) is 8.06. The minimum atomic E-state index is 0.293. The fourth-order valence-electron chi connectivity index (χ4n) is 5.27. The van der Waals surface area contributed by atoms with E-state index in [-0.39, 0.29) is 0 Å².